The molecule has 1 unspecified atom stereocenters. The van der Waals surface area contributed by atoms with E-state index < -0.39 is 12.0 Å². The molecule has 1 atom stereocenters. The average Bonchev–Trinajstić information content (AvgIpc) is 1.82. The highest BCUT2D eigenvalue weighted by Crippen LogP contribution is 1.78. The fourth-order valence-corrected chi connectivity index (χ4v) is 0.247. The van der Waals surface area contributed by atoms with Crippen molar-refractivity contribution in [3.63, 3.8) is 0 Å². The van der Waals surface area contributed by atoms with Gasteiger partial charge < -0.3 is 10.8 Å². The summed E-state index contributed by atoms with van der Waals surface area (Å²) in [4.78, 5) is 19.5. The molecule has 0 aromatic carbocycles. The minimum Gasteiger partial charge on any atom is -0.480 e. The molecule has 3 N–H and O–H groups in total. The molecule has 0 saturated carbocycles. The van der Waals surface area contributed by atoms with Crippen molar-refractivity contribution in [2.75, 3.05) is 0 Å². The minimum absolute atomic E-state index is 0.475. The molecular formula is C5H7NO3. The number of aldehydes is 1. The topological polar surface area (TPSA) is 80.4 Å². The Bertz CT molecular complexity index is 141. The minimum atomic E-state index is -1.15. The molecule has 0 heterocycles. The van der Waals surface area contributed by atoms with Crippen LogP contribution in [0.15, 0.2) is 12.2 Å². The highest BCUT2D eigenvalue weighted by molar-refractivity contribution is 5.77. The standard InChI is InChI=1S/C5H7NO3/c6-4(5(8)9)2-1-3-7/h1-4H,6H2,(H,8,9). The Hall–Kier alpha value is -1.16. The van der Waals surface area contributed by atoms with Gasteiger partial charge in [-0.05, 0) is 6.08 Å². The number of carboxylic acids is 1. The Morgan fingerprint density at radius 3 is 2.56 bits per heavy atom. The highest BCUT2D eigenvalue weighted by atomic mass is 16.4. The van der Waals surface area contributed by atoms with Crippen LogP contribution in [0.3, 0.4) is 0 Å². The molecule has 0 radical (unpaired) electrons. The van der Waals surface area contributed by atoms with Crippen LogP contribution in [0.2, 0.25) is 0 Å². The van der Waals surface area contributed by atoms with Crippen molar-refractivity contribution in [1.29, 1.82) is 0 Å². The maximum Gasteiger partial charge on any atom is 0.324 e. The SMILES string of the molecule is NC(C=CC=O)C(=O)O. The van der Waals surface area contributed by atoms with E-state index in [1.54, 1.807) is 0 Å². The molecule has 0 aliphatic rings. The predicted octanol–water partition coefficient (Wildman–Crippen LogP) is -0.847. The van der Waals surface area contributed by atoms with Crippen molar-refractivity contribution in [3.8, 4) is 0 Å². The van der Waals surface area contributed by atoms with Crippen molar-refractivity contribution in [2.45, 2.75) is 6.04 Å². The fraction of sp³-hybridized carbons (Fsp3) is 0.200. The summed E-state index contributed by atoms with van der Waals surface area (Å²) in [6.45, 7) is 0. The van der Waals surface area contributed by atoms with Gasteiger partial charge in [-0.25, -0.2) is 0 Å². The summed E-state index contributed by atoms with van der Waals surface area (Å²) in [7, 11) is 0. The van der Waals surface area contributed by atoms with Crippen LogP contribution in [-0.2, 0) is 9.59 Å². The first-order chi connectivity index (χ1) is 4.18. The van der Waals surface area contributed by atoms with E-state index in [9.17, 15) is 9.59 Å². The van der Waals surface area contributed by atoms with Crippen molar-refractivity contribution in [1.82, 2.24) is 0 Å². The number of carbonyl (C=O) groups excluding carboxylic acids is 1. The maximum absolute atomic E-state index is 9.91. The van der Waals surface area contributed by atoms with Gasteiger partial charge in [-0.3, -0.25) is 9.59 Å². The zero-order chi connectivity index (χ0) is 7.28. The van der Waals surface area contributed by atoms with Gasteiger partial charge in [-0.2, -0.15) is 0 Å². The Balaban J connectivity index is 3.75. The Labute approximate surface area is 52.0 Å². The summed E-state index contributed by atoms with van der Waals surface area (Å²) in [5, 5.41) is 8.12. The van der Waals surface area contributed by atoms with E-state index in [4.69, 9.17) is 10.8 Å². The van der Waals surface area contributed by atoms with Gasteiger partial charge in [0.2, 0.25) is 0 Å². The number of carboxylic acid groups (broad SMARTS) is 1. The largest absolute Gasteiger partial charge is 0.480 e. The number of hydrogen-bond donors (Lipinski definition) is 2. The lowest BCUT2D eigenvalue weighted by Crippen LogP contribution is -2.27. The molecule has 0 spiro atoms. The molecule has 0 fully saturated rings. The number of nitrogens with two attached hydrogens (primary N) is 1. The van der Waals surface area contributed by atoms with Crippen LogP contribution in [-0.4, -0.2) is 23.4 Å². The first-order valence-electron chi connectivity index (χ1n) is 2.29. The van der Waals surface area contributed by atoms with Crippen molar-refractivity contribution < 1.29 is 14.7 Å². The first-order valence-corrected chi connectivity index (χ1v) is 2.29. The second-order valence-electron chi connectivity index (χ2n) is 1.39. The van der Waals surface area contributed by atoms with E-state index in [2.05, 4.69) is 0 Å². The van der Waals surface area contributed by atoms with Crippen molar-refractivity contribution >= 4 is 12.3 Å². The number of hydrogen-bond acceptors (Lipinski definition) is 3. The van der Waals surface area contributed by atoms with Gasteiger partial charge in [0.1, 0.15) is 12.3 Å². The summed E-state index contributed by atoms with van der Waals surface area (Å²) in [5.74, 6) is -1.15. The van der Waals surface area contributed by atoms with Crippen molar-refractivity contribution in [3.05, 3.63) is 12.2 Å². The maximum atomic E-state index is 9.91. The Morgan fingerprint density at radius 2 is 2.22 bits per heavy atom. The second kappa shape index (κ2) is 3.80. The summed E-state index contributed by atoms with van der Waals surface area (Å²) < 4.78 is 0. The van der Waals surface area contributed by atoms with Crippen LogP contribution in [0.25, 0.3) is 0 Å². The lowest BCUT2D eigenvalue weighted by molar-refractivity contribution is -0.137. The smallest absolute Gasteiger partial charge is 0.324 e. The predicted molar refractivity (Wildman–Crippen MR) is 30.8 cm³/mol. The number of rotatable bonds is 3. The van der Waals surface area contributed by atoms with Gasteiger partial charge in [0.25, 0.3) is 0 Å². The van der Waals surface area contributed by atoms with E-state index in [0.29, 0.717) is 6.29 Å². The quantitative estimate of drug-likeness (QED) is 0.384. The molecule has 0 amide bonds. The normalized spacial score (nSPS) is 13.4. The molecule has 0 bridgehead atoms. The molecule has 50 valence electrons. The van der Waals surface area contributed by atoms with Crippen LogP contribution < -0.4 is 5.73 Å². The summed E-state index contributed by atoms with van der Waals surface area (Å²) in [5.41, 5.74) is 4.96. The number of allylic oxidation sites excluding steroid dienone is 1. The third-order valence-electron chi connectivity index (χ3n) is 0.682. The van der Waals surface area contributed by atoms with E-state index in [0.717, 1.165) is 12.2 Å². The molecule has 0 saturated heterocycles. The number of carbonyl (C=O) groups is 2. The third kappa shape index (κ3) is 3.42. The Kier molecular flexibility index (Phi) is 3.31. The van der Waals surface area contributed by atoms with E-state index in [-0.39, 0.29) is 0 Å². The van der Waals surface area contributed by atoms with Gasteiger partial charge in [-0.1, -0.05) is 6.08 Å². The monoisotopic (exact) mass is 129 g/mol. The average molecular weight is 129 g/mol. The summed E-state index contributed by atoms with van der Waals surface area (Å²) in [6.07, 6.45) is 2.64. The molecule has 0 aliphatic carbocycles. The van der Waals surface area contributed by atoms with Gasteiger partial charge >= 0.3 is 5.97 Å². The molecule has 0 aromatic rings. The molecule has 0 aromatic heterocycles. The summed E-state index contributed by atoms with van der Waals surface area (Å²) >= 11 is 0. The van der Waals surface area contributed by atoms with Crippen LogP contribution in [0.1, 0.15) is 0 Å². The highest BCUT2D eigenvalue weighted by Gasteiger charge is 2.04. The molecule has 4 nitrogen and oxygen atoms in total. The van der Waals surface area contributed by atoms with E-state index >= 15 is 0 Å². The zero-order valence-electron chi connectivity index (χ0n) is 4.65. The van der Waals surface area contributed by atoms with Gasteiger partial charge in [0.05, 0.1) is 0 Å². The van der Waals surface area contributed by atoms with Crippen LogP contribution in [0, 0.1) is 0 Å². The van der Waals surface area contributed by atoms with Crippen LogP contribution in [0.4, 0.5) is 0 Å². The molecule has 9 heavy (non-hydrogen) atoms. The lowest BCUT2D eigenvalue weighted by Gasteiger charge is -1.94. The molecule has 0 aliphatic heterocycles. The third-order valence-corrected chi connectivity index (χ3v) is 0.682. The van der Waals surface area contributed by atoms with Gasteiger partial charge in [0.15, 0.2) is 0 Å². The Morgan fingerprint density at radius 1 is 1.67 bits per heavy atom. The van der Waals surface area contributed by atoms with Crippen LogP contribution >= 0.6 is 0 Å². The van der Waals surface area contributed by atoms with Crippen molar-refractivity contribution in [2.24, 2.45) is 5.73 Å². The molecule has 0 rings (SSSR count). The molecular weight excluding hydrogens is 122 g/mol. The fourth-order valence-electron chi connectivity index (χ4n) is 0.247. The first kappa shape index (κ1) is 7.84. The zero-order valence-corrected chi connectivity index (χ0v) is 4.65. The van der Waals surface area contributed by atoms with E-state index in [1.807, 2.05) is 0 Å². The number of aliphatic carboxylic acids is 1. The van der Waals surface area contributed by atoms with Gasteiger partial charge in [0, 0.05) is 0 Å². The van der Waals surface area contributed by atoms with E-state index in [1.165, 1.54) is 0 Å². The second-order valence-corrected chi connectivity index (χ2v) is 1.39. The van der Waals surface area contributed by atoms with Crippen LogP contribution in [0.5, 0.6) is 0 Å². The van der Waals surface area contributed by atoms with Gasteiger partial charge in [-0.15, -0.1) is 0 Å². The summed E-state index contributed by atoms with van der Waals surface area (Å²) in [6, 6.07) is -1.07. The lowest BCUT2D eigenvalue weighted by atomic mass is 10.3. The molecule has 4 heteroatoms.